The van der Waals surface area contributed by atoms with E-state index < -0.39 is 0 Å². The Bertz CT molecular complexity index is 238. The highest BCUT2D eigenvalue weighted by Gasteiger charge is 2.65. The van der Waals surface area contributed by atoms with Crippen molar-refractivity contribution < 1.29 is 5.11 Å². The van der Waals surface area contributed by atoms with Crippen molar-refractivity contribution >= 4 is 11.8 Å². The van der Waals surface area contributed by atoms with Gasteiger partial charge < -0.3 is 5.11 Å². The van der Waals surface area contributed by atoms with Crippen LogP contribution in [0.5, 0.6) is 0 Å². The van der Waals surface area contributed by atoms with Crippen LogP contribution in [-0.2, 0) is 0 Å². The number of hydrogen-bond donors (Lipinski definition) is 1. The molecule has 0 heterocycles. The number of aliphatic hydroxyl groups excluding tert-OH is 1. The van der Waals surface area contributed by atoms with Gasteiger partial charge in [0, 0.05) is 0 Å². The molecule has 14 heavy (non-hydrogen) atoms. The molecular weight excluding hydrogens is 192 g/mol. The van der Waals surface area contributed by atoms with Crippen molar-refractivity contribution in [2.75, 3.05) is 12.0 Å². The fraction of sp³-hybridized carbons (Fsp3) is 1.00. The van der Waals surface area contributed by atoms with Gasteiger partial charge in [-0.15, -0.1) is 0 Å². The topological polar surface area (TPSA) is 20.2 Å². The van der Waals surface area contributed by atoms with Crippen LogP contribution in [0.25, 0.3) is 0 Å². The lowest BCUT2D eigenvalue weighted by Crippen LogP contribution is -2.38. The van der Waals surface area contributed by atoms with Crippen molar-refractivity contribution in [1.29, 1.82) is 0 Å². The number of thioether (sulfide) groups is 1. The summed E-state index contributed by atoms with van der Waals surface area (Å²) in [5.74, 6) is 2.42. The van der Waals surface area contributed by atoms with Crippen LogP contribution in [0.4, 0.5) is 0 Å². The lowest BCUT2D eigenvalue weighted by atomic mass is 9.70. The normalized spacial score (nSPS) is 49.9. The fourth-order valence-corrected chi connectivity index (χ4v) is 4.73. The Hall–Kier alpha value is 0.310. The maximum Gasteiger partial charge on any atom is 0.0637 e. The molecule has 4 atom stereocenters. The summed E-state index contributed by atoms with van der Waals surface area (Å²) in [6.07, 6.45) is 4.62. The Balaban J connectivity index is 2.29. The average Bonchev–Trinajstić information content (AvgIpc) is 2.41. The molecule has 2 aliphatic rings. The van der Waals surface area contributed by atoms with Crippen LogP contribution in [0.1, 0.15) is 33.6 Å². The van der Waals surface area contributed by atoms with E-state index in [0.717, 1.165) is 11.7 Å². The zero-order valence-electron chi connectivity index (χ0n) is 9.71. The molecule has 2 saturated carbocycles. The molecule has 2 aliphatic carbocycles. The van der Waals surface area contributed by atoms with Crippen molar-refractivity contribution in [1.82, 2.24) is 0 Å². The van der Waals surface area contributed by atoms with E-state index in [9.17, 15) is 5.11 Å². The SMILES string of the molecule is CSC[C@@H]1[C@H]2CC[C@@](C)([C@@H]1O)C2(C)C. The van der Waals surface area contributed by atoms with E-state index in [-0.39, 0.29) is 11.5 Å². The molecule has 2 heteroatoms. The summed E-state index contributed by atoms with van der Waals surface area (Å²) in [7, 11) is 0. The highest BCUT2D eigenvalue weighted by Crippen LogP contribution is 2.67. The molecule has 0 radical (unpaired) electrons. The summed E-state index contributed by atoms with van der Waals surface area (Å²) in [6.45, 7) is 7.00. The average molecular weight is 214 g/mol. The zero-order valence-corrected chi connectivity index (χ0v) is 10.5. The maximum atomic E-state index is 10.4. The second kappa shape index (κ2) is 3.15. The molecule has 0 spiro atoms. The number of rotatable bonds is 2. The predicted molar refractivity (Wildman–Crippen MR) is 62.5 cm³/mol. The second-order valence-corrected chi connectivity index (χ2v) is 6.76. The first-order valence-corrected chi connectivity index (χ1v) is 7.01. The molecule has 0 aromatic rings. The van der Waals surface area contributed by atoms with Gasteiger partial charge in [-0.3, -0.25) is 0 Å². The highest BCUT2D eigenvalue weighted by molar-refractivity contribution is 7.98. The van der Waals surface area contributed by atoms with Gasteiger partial charge in [-0.2, -0.15) is 11.8 Å². The minimum absolute atomic E-state index is 0.0660. The Morgan fingerprint density at radius 2 is 2.00 bits per heavy atom. The Labute approximate surface area is 91.7 Å². The van der Waals surface area contributed by atoms with Crippen molar-refractivity contribution in [3.05, 3.63) is 0 Å². The lowest BCUT2D eigenvalue weighted by molar-refractivity contribution is -0.00525. The molecule has 0 aliphatic heterocycles. The molecule has 0 aromatic heterocycles. The third-order valence-electron chi connectivity index (χ3n) is 5.31. The minimum Gasteiger partial charge on any atom is -0.392 e. The zero-order chi connectivity index (χ0) is 10.6. The van der Waals surface area contributed by atoms with Crippen LogP contribution in [0.3, 0.4) is 0 Å². The molecule has 0 aromatic carbocycles. The summed E-state index contributed by atoms with van der Waals surface area (Å²) in [4.78, 5) is 0. The number of aliphatic hydroxyl groups is 1. The lowest BCUT2D eigenvalue weighted by Gasteiger charge is -2.37. The minimum atomic E-state index is -0.0660. The molecule has 0 amide bonds. The van der Waals surface area contributed by atoms with Crippen molar-refractivity contribution in [2.45, 2.75) is 39.7 Å². The maximum absolute atomic E-state index is 10.4. The molecule has 2 fully saturated rings. The smallest absolute Gasteiger partial charge is 0.0637 e. The van der Waals surface area contributed by atoms with Crippen molar-refractivity contribution in [3.63, 3.8) is 0 Å². The molecule has 0 unspecified atom stereocenters. The Morgan fingerprint density at radius 1 is 1.36 bits per heavy atom. The Morgan fingerprint density at radius 3 is 2.43 bits per heavy atom. The summed E-state index contributed by atoms with van der Waals surface area (Å²) < 4.78 is 0. The van der Waals surface area contributed by atoms with E-state index in [0.29, 0.717) is 11.3 Å². The van der Waals surface area contributed by atoms with E-state index in [1.54, 1.807) is 0 Å². The highest BCUT2D eigenvalue weighted by atomic mass is 32.2. The van der Waals surface area contributed by atoms with Gasteiger partial charge >= 0.3 is 0 Å². The van der Waals surface area contributed by atoms with E-state index in [4.69, 9.17) is 0 Å². The first-order valence-electron chi connectivity index (χ1n) is 5.62. The van der Waals surface area contributed by atoms with E-state index in [2.05, 4.69) is 27.0 Å². The van der Waals surface area contributed by atoms with Crippen LogP contribution in [0, 0.1) is 22.7 Å². The number of fused-ring (bicyclic) bond motifs is 2. The standard InChI is InChI=1S/C12H22OS/c1-11(2)9-5-6-12(11,3)10(13)8(9)7-14-4/h8-10,13H,5-7H2,1-4H3/t8-,9-,10-,12+/m1/s1. The molecule has 0 saturated heterocycles. The Kier molecular flexibility index (Phi) is 2.43. The second-order valence-electron chi connectivity index (χ2n) is 5.85. The van der Waals surface area contributed by atoms with E-state index in [1.165, 1.54) is 12.8 Å². The van der Waals surface area contributed by atoms with Gasteiger partial charge in [0.05, 0.1) is 6.10 Å². The molecule has 1 nitrogen and oxygen atoms in total. The van der Waals surface area contributed by atoms with Crippen molar-refractivity contribution in [3.8, 4) is 0 Å². The van der Waals surface area contributed by atoms with Crippen LogP contribution in [0.2, 0.25) is 0 Å². The van der Waals surface area contributed by atoms with Crippen LogP contribution in [-0.4, -0.2) is 23.2 Å². The van der Waals surface area contributed by atoms with Crippen LogP contribution >= 0.6 is 11.8 Å². The first kappa shape index (κ1) is 10.8. The van der Waals surface area contributed by atoms with E-state index >= 15 is 0 Å². The summed E-state index contributed by atoms with van der Waals surface area (Å²) >= 11 is 1.88. The van der Waals surface area contributed by atoms with Crippen LogP contribution in [0.15, 0.2) is 0 Å². The first-order chi connectivity index (χ1) is 6.45. The molecule has 82 valence electrons. The van der Waals surface area contributed by atoms with Gasteiger partial charge in [-0.25, -0.2) is 0 Å². The third-order valence-corrected chi connectivity index (χ3v) is 6.03. The van der Waals surface area contributed by atoms with Gasteiger partial charge in [0.25, 0.3) is 0 Å². The largest absolute Gasteiger partial charge is 0.392 e. The van der Waals surface area contributed by atoms with Gasteiger partial charge in [0.1, 0.15) is 0 Å². The summed E-state index contributed by atoms with van der Waals surface area (Å²) in [6, 6.07) is 0. The van der Waals surface area contributed by atoms with Gasteiger partial charge in [0.15, 0.2) is 0 Å². The van der Waals surface area contributed by atoms with Gasteiger partial charge in [-0.05, 0) is 47.5 Å². The third kappa shape index (κ3) is 1.07. The molecule has 1 N–H and O–H groups in total. The van der Waals surface area contributed by atoms with Gasteiger partial charge in [-0.1, -0.05) is 20.8 Å². The number of hydrogen-bond acceptors (Lipinski definition) is 2. The quantitative estimate of drug-likeness (QED) is 0.763. The fourth-order valence-electron chi connectivity index (χ4n) is 3.93. The van der Waals surface area contributed by atoms with E-state index in [1.807, 2.05) is 11.8 Å². The van der Waals surface area contributed by atoms with Crippen LogP contribution < -0.4 is 0 Å². The summed E-state index contributed by atoms with van der Waals surface area (Å²) in [5.41, 5.74) is 0.519. The molecule has 2 rings (SSSR count). The molecule has 2 bridgehead atoms. The predicted octanol–water partition coefficient (Wildman–Crippen LogP) is 2.78. The summed E-state index contributed by atoms with van der Waals surface area (Å²) in [5, 5.41) is 10.4. The van der Waals surface area contributed by atoms with Crippen molar-refractivity contribution in [2.24, 2.45) is 22.7 Å². The monoisotopic (exact) mass is 214 g/mol. The van der Waals surface area contributed by atoms with Gasteiger partial charge in [0.2, 0.25) is 0 Å². The molecular formula is C12H22OS.